The third-order valence-electron chi connectivity index (χ3n) is 4.21. The molecule has 1 saturated heterocycles. The summed E-state index contributed by atoms with van der Waals surface area (Å²) in [6.07, 6.45) is 5.91. The van der Waals surface area contributed by atoms with Gasteiger partial charge in [0.15, 0.2) is 0 Å². The highest BCUT2D eigenvalue weighted by Gasteiger charge is 2.22. The van der Waals surface area contributed by atoms with E-state index in [2.05, 4.69) is 29.2 Å². The lowest BCUT2D eigenvalue weighted by Gasteiger charge is -2.35. The Hall–Kier alpha value is -2.12. The topological polar surface area (TPSA) is 64.3 Å². The van der Waals surface area contributed by atoms with Crippen molar-refractivity contribution in [1.29, 1.82) is 0 Å². The Morgan fingerprint density at radius 2 is 1.96 bits per heavy atom. The Morgan fingerprint density at radius 3 is 2.62 bits per heavy atom. The average molecular weight is 331 g/mol. The van der Waals surface area contributed by atoms with E-state index in [0.717, 1.165) is 25.5 Å². The summed E-state index contributed by atoms with van der Waals surface area (Å²) in [5, 5.41) is 7.22. The Morgan fingerprint density at radius 1 is 1.29 bits per heavy atom. The van der Waals surface area contributed by atoms with Gasteiger partial charge in [0.05, 0.1) is 18.4 Å². The molecule has 0 radical (unpaired) electrons. The molecule has 2 aromatic rings. The van der Waals surface area contributed by atoms with E-state index in [1.807, 2.05) is 36.1 Å². The number of nitrogens with zero attached hydrogens (tertiary/aromatic N) is 4. The normalized spacial score (nSPS) is 21.8. The van der Waals surface area contributed by atoms with Crippen LogP contribution < -0.4 is 5.32 Å². The van der Waals surface area contributed by atoms with E-state index in [9.17, 15) is 4.79 Å². The number of hydrogen-bond acceptors (Lipinski definition) is 4. The molecule has 24 heavy (non-hydrogen) atoms. The largest absolute Gasteiger partial charge is 0.373 e. The molecule has 2 aromatic heterocycles. The maximum Gasteiger partial charge on any atom is 0.256 e. The van der Waals surface area contributed by atoms with Gasteiger partial charge in [-0.2, -0.15) is 5.10 Å². The monoisotopic (exact) mass is 331 g/mol. The predicted octanol–water partition coefficient (Wildman–Crippen LogP) is 1.05. The number of amides is 1. The SMILES string of the molecule is C[C@@H]1CN(CCNC(=O)c2cnn(C)c2-n2cccc2)C[C@@H](C)O1. The standard InChI is InChI=1S/C17H25N5O2/c1-13-11-21(12-14(2)24-13)9-6-18-16(23)15-10-19-20(3)17(15)22-7-4-5-8-22/h4-5,7-8,10,13-14H,6,9,11-12H2,1-3H3,(H,18,23)/t13-,14-/m1/s1. The van der Waals surface area contributed by atoms with Gasteiger partial charge in [0.25, 0.3) is 5.91 Å². The van der Waals surface area contributed by atoms with E-state index < -0.39 is 0 Å². The zero-order valence-electron chi connectivity index (χ0n) is 14.5. The van der Waals surface area contributed by atoms with Crippen molar-refractivity contribution in [2.45, 2.75) is 26.1 Å². The van der Waals surface area contributed by atoms with Crippen molar-refractivity contribution in [2.24, 2.45) is 7.05 Å². The van der Waals surface area contributed by atoms with Crippen LogP contribution in [0, 0.1) is 0 Å². The summed E-state index contributed by atoms with van der Waals surface area (Å²) in [4.78, 5) is 14.9. The van der Waals surface area contributed by atoms with Crippen molar-refractivity contribution in [2.75, 3.05) is 26.2 Å². The molecule has 130 valence electrons. The van der Waals surface area contributed by atoms with Gasteiger partial charge in [-0.15, -0.1) is 0 Å². The van der Waals surface area contributed by atoms with Crippen LogP contribution in [0.2, 0.25) is 0 Å². The van der Waals surface area contributed by atoms with Crippen molar-refractivity contribution in [3.63, 3.8) is 0 Å². The molecular weight excluding hydrogens is 306 g/mol. The number of carbonyl (C=O) groups excluding carboxylic acids is 1. The highest BCUT2D eigenvalue weighted by atomic mass is 16.5. The Labute approximate surface area is 142 Å². The summed E-state index contributed by atoms with van der Waals surface area (Å²) in [7, 11) is 1.84. The minimum absolute atomic E-state index is 0.0962. The summed E-state index contributed by atoms with van der Waals surface area (Å²) in [5.74, 6) is 0.673. The van der Waals surface area contributed by atoms with Crippen LogP contribution in [-0.2, 0) is 11.8 Å². The van der Waals surface area contributed by atoms with Gasteiger partial charge in [0.2, 0.25) is 0 Å². The number of aromatic nitrogens is 3. The van der Waals surface area contributed by atoms with Crippen LogP contribution in [0.1, 0.15) is 24.2 Å². The molecular formula is C17H25N5O2. The molecule has 1 aliphatic rings. The molecule has 3 heterocycles. The molecule has 2 atom stereocenters. The van der Waals surface area contributed by atoms with Crippen molar-refractivity contribution < 1.29 is 9.53 Å². The minimum atomic E-state index is -0.0962. The van der Waals surface area contributed by atoms with Crippen LogP contribution in [0.3, 0.4) is 0 Å². The predicted molar refractivity (Wildman–Crippen MR) is 91.3 cm³/mol. The first-order valence-electron chi connectivity index (χ1n) is 8.36. The first-order chi connectivity index (χ1) is 11.5. The molecule has 1 amide bonds. The van der Waals surface area contributed by atoms with E-state index in [0.29, 0.717) is 12.1 Å². The fourth-order valence-electron chi connectivity index (χ4n) is 3.26. The van der Waals surface area contributed by atoms with Crippen LogP contribution >= 0.6 is 0 Å². The number of carbonyl (C=O) groups is 1. The van der Waals surface area contributed by atoms with Crippen LogP contribution in [0.5, 0.6) is 0 Å². The number of nitrogens with one attached hydrogen (secondary N) is 1. The summed E-state index contributed by atoms with van der Waals surface area (Å²) in [5.41, 5.74) is 0.581. The van der Waals surface area contributed by atoms with Gasteiger partial charge in [0.1, 0.15) is 11.4 Å². The fraction of sp³-hybridized carbons (Fsp3) is 0.529. The average Bonchev–Trinajstić information content (AvgIpc) is 3.15. The van der Waals surface area contributed by atoms with Crippen molar-refractivity contribution >= 4 is 5.91 Å². The molecule has 0 aromatic carbocycles. The smallest absolute Gasteiger partial charge is 0.256 e. The number of rotatable bonds is 5. The van der Waals surface area contributed by atoms with Gasteiger partial charge in [0, 0.05) is 45.6 Å². The molecule has 0 aliphatic carbocycles. The lowest BCUT2D eigenvalue weighted by atomic mass is 10.2. The summed E-state index contributed by atoms with van der Waals surface area (Å²) in [6.45, 7) is 7.41. The third kappa shape index (κ3) is 3.68. The second kappa shape index (κ2) is 7.19. The van der Waals surface area contributed by atoms with E-state index in [-0.39, 0.29) is 18.1 Å². The van der Waals surface area contributed by atoms with E-state index in [4.69, 9.17) is 4.74 Å². The minimum Gasteiger partial charge on any atom is -0.373 e. The first kappa shape index (κ1) is 16.7. The number of ether oxygens (including phenoxy) is 1. The Kier molecular flexibility index (Phi) is 5.01. The van der Waals surface area contributed by atoms with Crippen LogP contribution in [0.25, 0.3) is 5.82 Å². The second-order valence-electron chi connectivity index (χ2n) is 6.37. The molecule has 3 rings (SSSR count). The molecule has 1 fully saturated rings. The Bertz CT molecular complexity index is 669. The maximum atomic E-state index is 12.5. The molecule has 0 unspecified atom stereocenters. The van der Waals surface area contributed by atoms with Gasteiger partial charge in [-0.1, -0.05) is 0 Å². The zero-order valence-corrected chi connectivity index (χ0v) is 14.5. The van der Waals surface area contributed by atoms with Gasteiger partial charge in [-0.05, 0) is 26.0 Å². The van der Waals surface area contributed by atoms with Crippen LogP contribution in [0.15, 0.2) is 30.7 Å². The van der Waals surface area contributed by atoms with E-state index in [1.165, 1.54) is 0 Å². The van der Waals surface area contributed by atoms with Crippen molar-refractivity contribution in [1.82, 2.24) is 24.6 Å². The molecule has 0 bridgehead atoms. The number of aryl methyl sites for hydroxylation is 1. The van der Waals surface area contributed by atoms with E-state index in [1.54, 1.807) is 10.9 Å². The highest BCUT2D eigenvalue weighted by molar-refractivity contribution is 5.97. The summed E-state index contributed by atoms with van der Waals surface area (Å²) >= 11 is 0. The van der Waals surface area contributed by atoms with Gasteiger partial charge < -0.3 is 14.6 Å². The molecule has 1 N–H and O–H groups in total. The first-order valence-corrected chi connectivity index (χ1v) is 8.36. The molecule has 0 saturated carbocycles. The molecule has 7 nitrogen and oxygen atoms in total. The van der Waals surface area contributed by atoms with Crippen LogP contribution in [-0.4, -0.2) is 63.5 Å². The molecule has 7 heteroatoms. The summed E-state index contributed by atoms with van der Waals surface area (Å²) in [6, 6.07) is 3.85. The van der Waals surface area contributed by atoms with Crippen molar-refractivity contribution in [3.05, 3.63) is 36.3 Å². The molecule has 1 aliphatic heterocycles. The zero-order chi connectivity index (χ0) is 17.1. The van der Waals surface area contributed by atoms with Crippen LogP contribution in [0.4, 0.5) is 0 Å². The number of hydrogen-bond donors (Lipinski definition) is 1. The second-order valence-corrected chi connectivity index (χ2v) is 6.37. The van der Waals surface area contributed by atoms with Crippen molar-refractivity contribution in [3.8, 4) is 5.82 Å². The number of morpholine rings is 1. The van der Waals surface area contributed by atoms with Gasteiger partial charge in [-0.25, -0.2) is 0 Å². The summed E-state index contributed by atoms with van der Waals surface area (Å²) < 4.78 is 9.33. The molecule has 0 spiro atoms. The highest BCUT2D eigenvalue weighted by Crippen LogP contribution is 2.14. The Balaban J connectivity index is 1.58. The third-order valence-corrected chi connectivity index (χ3v) is 4.21. The van der Waals surface area contributed by atoms with E-state index >= 15 is 0 Å². The van der Waals surface area contributed by atoms with Gasteiger partial charge in [-0.3, -0.25) is 14.4 Å². The van der Waals surface area contributed by atoms with Gasteiger partial charge >= 0.3 is 0 Å². The lowest BCUT2D eigenvalue weighted by Crippen LogP contribution is -2.47. The maximum absolute atomic E-state index is 12.5. The lowest BCUT2D eigenvalue weighted by molar-refractivity contribution is -0.0672. The quantitative estimate of drug-likeness (QED) is 0.889. The fourth-order valence-corrected chi connectivity index (χ4v) is 3.26.